The number of imidazole rings is 2. The summed E-state index contributed by atoms with van der Waals surface area (Å²) in [4.78, 5) is 15.5. The highest BCUT2D eigenvalue weighted by atomic mass is 16.7. The topological polar surface area (TPSA) is 123 Å². The fourth-order valence-corrected chi connectivity index (χ4v) is 4.40. The van der Waals surface area contributed by atoms with E-state index in [0.29, 0.717) is 45.4 Å². The van der Waals surface area contributed by atoms with Crippen LogP contribution in [0.15, 0.2) is 97.1 Å². The maximum absolute atomic E-state index is 9.85. The SMILES string of the molecule is N#CC(=Cc1ccccc1OCOc1ccccc1C=C(C#N)c1nc2ccccc2[nH]1)c1nc2ccccc2[nH]1. The summed E-state index contributed by atoms with van der Waals surface area (Å²) in [7, 11) is 0. The minimum Gasteiger partial charge on any atom is -0.457 e. The van der Waals surface area contributed by atoms with Crippen LogP contribution < -0.4 is 9.47 Å². The van der Waals surface area contributed by atoms with E-state index in [0.717, 1.165) is 22.1 Å². The average molecular weight is 535 g/mol. The van der Waals surface area contributed by atoms with Crippen LogP contribution in [0.3, 0.4) is 0 Å². The summed E-state index contributed by atoms with van der Waals surface area (Å²) in [6, 6.07) is 34.5. The van der Waals surface area contributed by atoms with Gasteiger partial charge in [-0.3, -0.25) is 0 Å². The molecule has 0 saturated carbocycles. The van der Waals surface area contributed by atoms with Crippen LogP contribution in [0.4, 0.5) is 0 Å². The van der Waals surface area contributed by atoms with E-state index in [1.54, 1.807) is 12.2 Å². The van der Waals surface area contributed by atoms with Crippen LogP contribution in [0.2, 0.25) is 0 Å². The highest BCUT2D eigenvalue weighted by molar-refractivity contribution is 5.92. The first-order chi connectivity index (χ1) is 20.2. The van der Waals surface area contributed by atoms with E-state index >= 15 is 0 Å². The van der Waals surface area contributed by atoms with E-state index in [4.69, 9.17) is 9.47 Å². The maximum atomic E-state index is 9.85. The zero-order valence-electron chi connectivity index (χ0n) is 21.7. The Morgan fingerprint density at radius 2 is 1.02 bits per heavy atom. The van der Waals surface area contributed by atoms with Gasteiger partial charge in [-0.25, -0.2) is 9.97 Å². The van der Waals surface area contributed by atoms with Crippen LogP contribution in [-0.2, 0) is 0 Å². The molecule has 0 fully saturated rings. The van der Waals surface area contributed by atoms with Crippen molar-refractivity contribution < 1.29 is 9.47 Å². The molecule has 8 heteroatoms. The molecule has 8 nitrogen and oxygen atoms in total. The first kappa shape index (κ1) is 25.2. The molecule has 0 unspecified atom stereocenters. The van der Waals surface area contributed by atoms with Crippen LogP contribution in [0.5, 0.6) is 11.5 Å². The number of ether oxygens (including phenoxy) is 2. The van der Waals surface area contributed by atoms with Gasteiger partial charge in [0.25, 0.3) is 0 Å². The summed E-state index contributed by atoms with van der Waals surface area (Å²) in [6.45, 7) is -0.0885. The minimum atomic E-state index is -0.0885. The molecule has 2 aromatic heterocycles. The third kappa shape index (κ3) is 5.40. The van der Waals surface area contributed by atoms with E-state index in [1.165, 1.54) is 0 Å². The second-order valence-corrected chi connectivity index (χ2v) is 9.03. The number of hydrogen-bond acceptors (Lipinski definition) is 6. The van der Waals surface area contributed by atoms with E-state index in [-0.39, 0.29) is 6.79 Å². The lowest BCUT2D eigenvalue weighted by atomic mass is 10.1. The molecule has 0 amide bonds. The van der Waals surface area contributed by atoms with Crippen molar-refractivity contribution in [1.29, 1.82) is 10.5 Å². The van der Waals surface area contributed by atoms with Gasteiger partial charge in [0.05, 0.1) is 33.2 Å². The molecular formula is C33H22N6O2. The third-order valence-electron chi connectivity index (χ3n) is 6.40. The van der Waals surface area contributed by atoms with Crippen LogP contribution in [0.25, 0.3) is 45.4 Å². The van der Waals surface area contributed by atoms with Crippen LogP contribution in [-0.4, -0.2) is 26.7 Å². The van der Waals surface area contributed by atoms with Crippen molar-refractivity contribution in [3.63, 3.8) is 0 Å². The molecule has 6 aromatic rings. The molecule has 0 bridgehead atoms. The number of aromatic nitrogens is 4. The summed E-state index contributed by atoms with van der Waals surface area (Å²) in [5.41, 5.74) is 5.45. The molecule has 0 aliphatic carbocycles. The van der Waals surface area contributed by atoms with Crippen molar-refractivity contribution in [2.24, 2.45) is 0 Å². The smallest absolute Gasteiger partial charge is 0.230 e. The van der Waals surface area contributed by atoms with Gasteiger partial charge in [0, 0.05) is 11.1 Å². The number of rotatable bonds is 8. The van der Waals surface area contributed by atoms with Gasteiger partial charge in [0.1, 0.15) is 35.3 Å². The fraction of sp³-hybridized carbons (Fsp3) is 0.0303. The van der Waals surface area contributed by atoms with Gasteiger partial charge in [-0.2, -0.15) is 10.5 Å². The summed E-state index contributed by atoms with van der Waals surface area (Å²) >= 11 is 0. The predicted molar refractivity (Wildman–Crippen MR) is 158 cm³/mol. The third-order valence-corrected chi connectivity index (χ3v) is 6.40. The van der Waals surface area contributed by atoms with Crippen LogP contribution in [0.1, 0.15) is 22.8 Å². The van der Waals surface area contributed by atoms with Crippen molar-refractivity contribution in [2.75, 3.05) is 6.79 Å². The van der Waals surface area contributed by atoms with Gasteiger partial charge in [-0.1, -0.05) is 60.7 Å². The number of nitrogens with one attached hydrogen (secondary N) is 2. The Morgan fingerprint density at radius 1 is 0.610 bits per heavy atom. The zero-order valence-corrected chi connectivity index (χ0v) is 21.7. The van der Waals surface area contributed by atoms with E-state index in [9.17, 15) is 10.5 Å². The Morgan fingerprint density at radius 3 is 1.46 bits per heavy atom. The number of fused-ring (bicyclic) bond motifs is 2. The van der Waals surface area contributed by atoms with Gasteiger partial charge >= 0.3 is 0 Å². The monoisotopic (exact) mass is 534 g/mol. The molecule has 2 N–H and O–H groups in total. The lowest BCUT2D eigenvalue weighted by Crippen LogP contribution is -2.07. The zero-order chi connectivity index (χ0) is 28.0. The van der Waals surface area contributed by atoms with Crippen molar-refractivity contribution >= 4 is 45.4 Å². The highest BCUT2D eigenvalue weighted by Crippen LogP contribution is 2.27. The highest BCUT2D eigenvalue weighted by Gasteiger charge is 2.12. The quantitative estimate of drug-likeness (QED) is 0.160. The largest absolute Gasteiger partial charge is 0.457 e. The summed E-state index contributed by atoms with van der Waals surface area (Å²) in [5.74, 6) is 2.06. The van der Waals surface area contributed by atoms with E-state index < -0.39 is 0 Å². The van der Waals surface area contributed by atoms with Crippen LogP contribution in [0, 0.1) is 22.7 Å². The number of para-hydroxylation sites is 6. The molecule has 2 heterocycles. The van der Waals surface area contributed by atoms with Crippen molar-refractivity contribution in [3.8, 4) is 23.6 Å². The summed E-state index contributed by atoms with van der Waals surface area (Å²) in [5, 5.41) is 19.7. The van der Waals surface area contributed by atoms with Gasteiger partial charge < -0.3 is 19.4 Å². The Bertz CT molecular complexity index is 1810. The molecule has 0 saturated heterocycles. The van der Waals surface area contributed by atoms with Gasteiger partial charge in [0.2, 0.25) is 6.79 Å². The second-order valence-electron chi connectivity index (χ2n) is 9.03. The Kier molecular flexibility index (Phi) is 6.95. The van der Waals surface area contributed by atoms with Crippen LogP contribution >= 0.6 is 0 Å². The summed E-state index contributed by atoms with van der Waals surface area (Å²) < 4.78 is 12.0. The average Bonchev–Trinajstić information content (AvgIpc) is 3.64. The molecule has 0 aliphatic heterocycles. The Hall–Kier alpha value is -6.12. The number of nitriles is 2. The number of aromatic amines is 2. The number of allylic oxidation sites excluding steroid dienone is 2. The molecule has 0 spiro atoms. The predicted octanol–water partition coefficient (Wildman–Crippen LogP) is 6.98. The van der Waals surface area contributed by atoms with Crippen molar-refractivity contribution in [2.45, 2.75) is 0 Å². The van der Waals surface area contributed by atoms with Gasteiger partial charge in [0.15, 0.2) is 0 Å². The Balaban J connectivity index is 1.21. The molecule has 41 heavy (non-hydrogen) atoms. The number of nitrogens with zero attached hydrogens (tertiary/aromatic N) is 4. The molecule has 0 aliphatic rings. The minimum absolute atomic E-state index is 0.0885. The van der Waals surface area contributed by atoms with Crippen molar-refractivity contribution in [3.05, 3.63) is 120 Å². The molecule has 4 aromatic carbocycles. The van der Waals surface area contributed by atoms with Gasteiger partial charge in [-0.05, 0) is 48.6 Å². The fourth-order valence-electron chi connectivity index (χ4n) is 4.40. The Labute approximate surface area is 235 Å². The van der Waals surface area contributed by atoms with Gasteiger partial charge in [-0.15, -0.1) is 0 Å². The molecule has 0 radical (unpaired) electrons. The lowest BCUT2D eigenvalue weighted by molar-refractivity contribution is 0.119. The molecule has 196 valence electrons. The second kappa shape index (κ2) is 11.3. The maximum Gasteiger partial charge on any atom is 0.230 e. The number of benzene rings is 4. The number of hydrogen-bond donors (Lipinski definition) is 2. The number of H-pyrrole nitrogens is 2. The lowest BCUT2D eigenvalue weighted by Gasteiger charge is -2.12. The molecule has 0 atom stereocenters. The molecule has 6 rings (SSSR count). The van der Waals surface area contributed by atoms with E-state index in [1.807, 2.05) is 97.1 Å². The summed E-state index contributed by atoms with van der Waals surface area (Å²) in [6.07, 6.45) is 3.46. The van der Waals surface area contributed by atoms with Crippen molar-refractivity contribution in [1.82, 2.24) is 19.9 Å². The first-order valence-corrected chi connectivity index (χ1v) is 12.8. The molecular weight excluding hydrogens is 512 g/mol. The normalized spacial score (nSPS) is 11.8. The standard InChI is InChI=1S/C33H22N6O2/c34-19-24(32-36-26-11-3-4-12-27(26)37-32)17-22-9-1-7-15-30(22)40-21-41-31-16-8-2-10-23(31)18-25(20-35)33-38-28-13-5-6-14-29(28)39-33/h1-18H,21H2,(H,36,37)(H,38,39). The first-order valence-electron chi connectivity index (χ1n) is 12.8. The van der Waals surface area contributed by atoms with E-state index in [2.05, 4.69) is 32.1 Å².